The van der Waals surface area contributed by atoms with Gasteiger partial charge in [-0.25, -0.2) is 8.42 Å². The first kappa shape index (κ1) is 23.9. The van der Waals surface area contributed by atoms with Crippen LogP contribution in [-0.4, -0.2) is 50.3 Å². The summed E-state index contributed by atoms with van der Waals surface area (Å²) >= 11 is 0. The molecule has 1 saturated heterocycles. The van der Waals surface area contributed by atoms with Crippen LogP contribution in [0.15, 0.2) is 59.5 Å². The van der Waals surface area contributed by atoms with E-state index in [0.29, 0.717) is 5.69 Å². The lowest BCUT2D eigenvalue weighted by Gasteiger charge is -2.33. The van der Waals surface area contributed by atoms with Crippen LogP contribution in [0.25, 0.3) is 0 Å². The molecule has 0 radical (unpaired) electrons. The molecule has 1 fully saturated rings. The van der Waals surface area contributed by atoms with Crippen molar-refractivity contribution in [3.63, 3.8) is 0 Å². The summed E-state index contributed by atoms with van der Waals surface area (Å²) in [5, 5.41) is 5.55. The number of piperidine rings is 1. The van der Waals surface area contributed by atoms with Gasteiger partial charge in [0.15, 0.2) is 0 Å². The molecule has 0 saturated carbocycles. The molecular weight excluding hydrogens is 428 g/mol. The van der Waals surface area contributed by atoms with Gasteiger partial charge in [0.05, 0.1) is 10.9 Å². The van der Waals surface area contributed by atoms with Crippen molar-refractivity contribution in [2.24, 2.45) is 0 Å². The first-order valence-electron chi connectivity index (χ1n) is 10.7. The third-order valence-electron chi connectivity index (χ3n) is 5.39. The Morgan fingerprint density at radius 1 is 1.03 bits per heavy atom. The zero-order valence-electron chi connectivity index (χ0n) is 18.4. The quantitative estimate of drug-likeness (QED) is 0.562. The van der Waals surface area contributed by atoms with Gasteiger partial charge in [0, 0.05) is 38.3 Å². The Labute approximate surface area is 189 Å². The average molecular weight is 459 g/mol. The summed E-state index contributed by atoms with van der Waals surface area (Å²) in [5.74, 6) is -0.583. The molecule has 9 heteroatoms. The fraction of sp³-hybridized carbons (Fsp3) is 0.391. The van der Waals surface area contributed by atoms with E-state index in [9.17, 15) is 18.0 Å². The number of likely N-dealkylation sites (tertiary alicyclic amines) is 1. The molecule has 1 aliphatic rings. The van der Waals surface area contributed by atoms with Crippen molar-refractivity contribution < 1.29 is 18.0 Å². The van der Waals surface area contributed by atoms with Crippen molar-refractivity contribution in [3.05, 3.63) is 60.2 Å². The number of sulfonamides is 1. The van der Waals surface area contributed by atoms with Crippen LogP contribution in [-0.2, 0) is 26.2 Å². The number of anilines is 1. The highest BCUT2D eigenvalue weighted by molar-refractivity contribution is 7.89. The van der Waals surface area contributed by atoms with Crippen molar-refractivity contribution >= 4 is 27.5 Å². The monoisotopic (exact) mass is 458 g/mol. The van der Waals surface area contributed by atoms with Crippen LogP contribution in [0.4, 0.5) is 5.69 Å². The van der Waals surface area contributed by atoms with E-state index in [-0.39, 0.29) is 22.8 Å². The van der Waals surface area contributed by atoms with Gasteiger partial charge in [0.25, 0.3) is 0 Å². The van der Waals surface area contributed by atoms with Crippen LogP contribution in [0.3, 0.4) is 0 Å². The topological polar surface area (TPSA) is 108 Å². The minimum atomic E-state index is -3.87. The number of nitrogens with zero attached hydrogens (tertiary/aromatic N) is 1. The van der Waals surface area contributed by atoms with Gasteiger partial charge in [0.2, 0.25) is 21.8 Å². The van der Waals surface area contributed by atoms with Crippen LogP contribution >= 0.6 is 0 Å². The van der Waals surface area contributed by atoms with Crippen LogP contribution in [0.5, 0.6) is 0 Å². The Morgan fingerprint density at radius 3 is 2.25 bits per heavy atom. The number of rotatable bonds is 8. The van der Waals surface area contributed by atoms with E-state index < -0.39 is 16.1 Å². The SMILES string of the molecule is CC(=O)Nc1ccc(S(=O)(=O)N[C@@H](C)C(=O)NC2CCN(Cc3ccccc3)CC2)cc1. The highest BCUT2D eigenvalue weighted by atomic mass is 32.2. The first-order valence-corrected chi connectivity index (χ1v) is 12.2. The maximum absolute atomic E-state index is 12.6. The van der Waals surface area contributed by atoms with Gasteiger partial charge < -0.3 is 10.6 Å². The molecule has 172 valence electrons. The zero-order valence-corrected chi connectivity index (χ0v) is 19.2. The summed E-state index contributed by atoms with van der Waals surface area (Å²) in [5.41, 5.74) is 1.77. The summed E-state index contributed by atoms with van der Waals surface area (Å²) < 4.78 is 27.6. The molecule has 1 heterocycles. The van der Waals surface area contributed by atoms with Crippen molar-refractivity contribution in [2.75, 3.05) is 18.4 Å². The zero-order chi connectivity index (χ0) is 23.1. The van der Waals surface area contributed by atoms with E-state index in [1.165, 1.54) is 43.7 Å². The van der Waals surface area contributed by atoms with E-state index >= 15 is 0 Å². The maximum atomic E-state index is 12.6. The number of benzene rings is 2. The molecule has 0 aromatic heterocycles. The Hall–Kier alpha value is -2.75. The lowest BCUT2D eigenvalue weighted by atomic mass is 10.0. The highest BCUT2D eigenvalue weighted by Crippen LogP contribution is 2.16. The third kappa shape index (κ3) is 6.88. The number of hydrogen-bond acceptors (Lipinski definition) is 5. The van der Waals surface area contributed by atoms with Crippen LogP contribution < -0.4 is 15.4 Å². The molecule has 2 amide bonds. The van der Waals surface area contributed by atoms with E-state index in [1.54, 1.807) is 0 Å². The summed E-state index contributed by atoms with van der Waals surface area (Å²) in [4.78, 5) is 26.0. The van der Waals surface area contributed by atoms with Crippen molar-refractivity contribution in [3.8, 4) is 0 Å². The predicted octanol–water partition coefficient (Wildman–Crippen LogP) is 2.09. The molecule has 3 N–H and O–H groups in total. The van der Waals surface area contributed by atoms with Crippen LogP contribution in [0, 0.1) is 0 Å². The summed E-state index contributed by atoms with van der Waals surface area (Å²) in [7, 11) is -3.87. The van der Waals surface area contributed by atoms with Gasteiger partial charge in [0.1, 0.15) is 0 Å². The second-order valence-electron chi connectivity index (χ2n) is 8.09. The number of carbonyl (C=O) groups is 2. The number of nitrogens with one attached hydrogen (secondary N) is 3. The van der Waals surface area contributed by atoms with Gasteiger partial charge in [-0.1, -0.05) is 30.3 Å². The molecular formula is C23H30N4O4S. The predicted molar refractivity (Wildman–Crippen MR) is 123 cm³/mol. The van der Waals surface area contributed by atoms with Gasteiger partial charge in [-0.05, 0) is 49.6 Å². The number of carbonyl (C=O) groups excluding carboxylic acids is 2. The van der Waals surface area contributed by atoms with E-state index in [4.69, 9.17) is 0 Å². The second-order valence-corrected chi connectivity index (χ2v) is 9.81. The lowest BCUT2D eigenvalue weighted by Crippen LogP contribution is -2.50. The molecule has 2 aromatic rings. The van der Waals surface area contributed by atoms with Crippen LogP contribution in [0.1, 0.15) is 32.3 Å². The standard InChI is InChI=1S/C23H30N4O4S/c1-17(26-32(30,31)22-10-8-20(9-11-22)24-18(2)28)23(29)25-21-12-14-27(15-13-21)16-19-6-4-3-5-7-19/h3-11,17,21,26H,12-16H2,1-2H3,(H,24,28)(H,25,29)/t17-/m0/s1. The Kier molecular flexibility index (Phi) is 8.00. The van der Waals surface area contributed by atoms with Gasteiger partial charge in [-0.2, -0.15) is 4.72 Å². The number of amides is 2. The van der Waals surface area contributed by atoms with Gasteiger partial charge >= 0.3 is 0 Å². The average Bonchev–Trinajstić information content (AvgIpc) is 2.75. The normalized spacial score (nSPS) is 16.3. The van der Waals surface area contributed by atoms with E-state index in [1.807, 2.05) is 18.2 Å². The molecule has 3 rings (SSSR count). The summed E-state index contributed by atoms with van der Waals surface area (Å²) in [6, 6.07) is 15.2. The smallest absolute Gasteiger partial charge is 0.241 e. The Bertz CT molecular complexity index is 1020. The highest BCUT2D eigenvalue weighted by Gasteiger charge is 2.26. The molecule has 0 spiro atoms. The summed E-state index contributed by atoms with van der Waals surface area (Å²) in [6.45, 7) is 5.54. The third-order valence-corrected chi connectivity index (χ3v) is 6.95. The van der Waals surface area contributed by atoms with E-state index in [2.05, 4.69) is 32.4 Å². The van der Waals surface area contributed by atoms with Crippen LogP contribution in [0.2, 0.25) is 0 Å². The molecule has 1 aliphatic heterocycles. The fourth-order valence-corrected chi connectivity index (χ4v) is 4.88. The molecule has 2 aromatic carbocycles. The Balaban J connectivity index is 1.47. The second kappa shape index (κ2) is 10.7. The molecule has 32 heavy (non-hydrogen) atoms. The van der Waals surface area contributed by atoms with E-state index in [0.717, 1.165) is 32.5 Å². The van der Waals surface area contributed by atoms with Crippen molar-refractivity contribution in [2.45, 2.75) is 50.2 Å². The largest absolute Gasteiger partial charge is 0.352 e. The molecule has 1 atom stereocenters. The maximum Gasteiger partial charge on any atom is 0.241 e. The molecule has 0 bridgehead atoms. The van der Waals surface area contributed by atoms with Gasteiger partial charge in [-0.3, -0.25) is 14.5 Å². The molecule has 0 aliphatic carbocycles. The lowest BCUT2D eigenvalue weighted by molar-refractivity contribution is -0.123. The minimum Gasteiger partial charge on any atom is -0.352 e. The first-order chi connectivity index (χ1) is 15.2. The molecule has 0 unspecified atom stereocenters. The van der Waals surface area contributed by atoms with Gasteiger partial charge in [-0.15, -0.1) is 0 Å². The summed E-state index contributed by atoms with van der Waals surface area (Å²) in [6.07, 6.45) is 1.64. The molecule has 8 nitrogen and oxygen atoms in total. The van der Waals surface area contributed by atoms with Crippen molar-refractivity contribution in [1.82, 2.24) is 14.9 Å². The fourth-order valence-electron chi connectivity index (χ4n) is 3.68. The van der Waals surface area contributed by atoms with Crippen molar-refractivity contribution in [1.29, 1.82) is 0 Å². The number of hydrogen-bond donors (Lipinski definition) is 3. The Morgan fingerprint density at radius 2 is 1.66 bits per heavy atom. The minimum absolute atomic E-state index is 0.0263.